The molecular formula is C10H8K2N2O6S2. The fourth-order valence-corrected chi connectivity index (χ4v) is 3.08. The van der Waals surface area contributed by atoms with E-state index in [1.54, 1.807) is 0 Å². The molecule has 0 heterocycles. The molecule has 0 aliphatic rings. The Balaban J connectivity index is 0.00000220. The van der Waals surface area contributed by atoms with Gasteiger partial charge in [0.2, 0.25) is 0 Å². The van der Waals surface area contributed by atoms with Crippen LogP contribution in [0.3, 0.4) is 0 Å². The van der Waals surface area contributed by atoms with E-state index in [4.69, 9.17) is 11.5 Å². The smallest absolute Gasteiger partial charge is 0.744 e. The summed E-state index contributed by atoms with van der Waals surface area (Å²) in [6.07, 6.45) is 0. The van der Waals surface area contributed by atoms with Gasteiger partial charge < -0.3 is 20.6 Å². The maximum absolute atomic E-state index is 11.2. The third-order valence-electron chi connectivity index (χ3n) is 2.70. The molecule has 0 atom stereocenters. The van der Waals surface area contributed by atoms with Gasteiger partial charge >= 0.3 is 103 Å². The van der Waals surface area contributed by atoms with Crippen molar-refractivity contribution < 1.29 is 129 Å². The van der Waals surface area contributed by atoms with E-state index < -0.39 is 30.0 Å². The van der Waals surface area contributed by atoms with Crippen molar-refractivity contribution in [1.82, 2.24) is 0 Å². The van der Waals surface area contributed by atoms with Crippen molar-refractivity contribution in [3.8, 4) is 0 Å². The van der Waals surface area contributed by atoms with Crippen LogP contribution in [0.1, 0.15) is 0 Å². The van der Waals surface area contributed by atoms with Gasteiger partial charge in [-0.15, -0.1) is 0 Å². The first kappa shape index (κ1) is 23.4. The maximum atomic E-state index is 11.2. The van der Waals surface area contributed by atoms with Gasteiger partial charge in [0.25, 0.3) is 0 Å². The Labute approximate surface area is 212 Å². The molecule has 2 rings (SSSR count). The zero-order chi connectivity index (χ0) is 15.3. The van der Waals surface area contributed by atoms with Gasteiger partial charge in [0.05, 0.1) is 21.2 Å². The van der Waals surface area contributed by atoms with Crippen molar-refractivity contribution in [1.29, 1.82) is 0 Å². The van der Waals surface area contributed by atoms with Crippen molar-refractivity contribution in [2.45, 2.75) is 9.79 Å². The van der Waals surface area contributed by atoms with E-state index in [2.05, 4.69) is 0 Å². The molecule has 0 fully saturated rings. The van der Waals surface area contributed by atoms with Gasteiger partial charge in [0.1, 0.15) is 20.2 Å². The third kappa shape index (κ3) is 4.95. The minimum Gasteiger partial charge on any atom is -0.744 e. The van der Waals surface area contributed by atoms with Crippen LogP contribution in [0.25, 0.3) is 10.8 Å². The number of nitrogen functional groups attached to an aromatic ring is 2. The quantitative estimate of drug-likeness (QED) is 0.288. The third-order valence-corrected chi connectivity index (χ3v) is 4.39. The Hall–Kier alpha value is 1.39. The number of hydrogen-bond acceptors (Lipinski definition) is 8. The molecule has 0 amide bonds. The summed E-state index contributed by atoms with van der Waals surface area (Å²) in [5.74, 6) is 0. The Morgan fingerprint density at radius 1 is 0.818 bits per heavy atom. The first-order valence-electron chi connectivity index (χ1n) is 5.05. The largest absolute Gasteiger partial charge is 1.00 e. The van der Waals surface area contributed by atoms with Crippen LogP contribution in [-0.4, -0.2) is 25.9 Å². The second-order valence-corrected chi connectivity index (χ2v) is 6.72. The number of nitrogens with two attached hydrogens (primary N) is 2. The summed E-state index contributed by atoms with van der Waals surface area (Å²) in [5.41, 5.74) is 11.1. The minimum absolute atomic E-state index is 0. The summed E-state index contributed by atoms with van der Waals surface area (Å²) in [4.78, 5) is -1.70. The van der Waals surface area contributed by atoms with Crippen LogP contribution in [0, 0.1) is 0 Å². The fraction of sp³-hybridized carbons (Fsp3) is 0. The van der Waals surface area contributed by atoms with Crippen LogP contribution in [-0.2, 0) is 20.2 Å². The van der Waals surface area contributed by atoms with Crippen LogP contribution in [0.15, 0.2) is 34.1 Å². The molecular weight excluding hydrogens is 386 g/mol. The fourth-order valence-electron chi connectivity index (χ4n) is 1.77. The Morgan fingerprint density at radius 3 is 1.82 bits per heavy atom. The first-order valence-corrected chi connectivity index (χ1v) is 7.87. The molecule has 0 unspecified atom stereocenters. The van der Waals surface area contributed by atoms with Crippen molar-refractivity contribution in [3.05, 3.63) is 24.3 Å². The molecule has 108 valence electrons. The van der Waals surface area contributed by atoms with Crippen LogP contribution >= 0.6 is 0 Å². The summed E-state index contributed by atoms with van der Waals surface area (Å²) in [6, 6.07) is 3.89. The van der Waals surface area contributed by atoms with Crippen molar-refractivity contribution in [3.63, 3.8) is 0 Å². The zero-order valence-corrected chi connectivity index (χ0v) is 19.6. The van der Waals surface area contributed by atoms with Crippen molar-refractivity contribution in [2.75, 3.05) is 11.5 Å². The molecule has 12 heteroatoms. The topological polar surface area (TPSA) is 166 Å². The molecule has 0 aliphatic carbocycles. The predicted molar refractivity (Wildman–Crippen MR) is 68.7 cm³/mol. The van der Waals surface area contributed by atoms with Gasteiger partial charge in [0.15, 0.2) is 0 Å². The van der Waals surface area contributed by atoms with E-state index in [0.717, 1.165) is 6.07 Å². The predicted octanol–water partition coefficient (Wildman–Crippen LogP) is -6.18. The van der Waals surface area contributed by atoms with Crippen molar-refractivity contribution >= 4 is 42.4 Å². The summed E-state index contributed by atoms with van der Waals surface area (Å²) in [5, 5.41) is -0.185. The molecule has 0 bridgehead atoms. The first-order chi connectivity index (χ1) is 9.01. The molecule has 0 spiro atoms. The second-order valence-electron chi connectivity index (χ2n) is 3.99. The van der Waals surface area contributed by atoms with E-state index >= 15 is 0 Å². The summed E-state index contributed by atoms with van der Waals surface area (Å²) >= 11 is 0. The molecule has 2 aromatic rings. The number of benzene rings is 2. The zero-order valence-electron chi connectivity index (χ0n) is 11.7. The summed E-state index contributed by atoms with van der Waals surface area (Å²) < 4.78 is 66.7. The van der Waals surface area contributed by atoms with E-state index in [-0.39, 0.29) is 125 Å². The van der Waals surface area contributed by atoms with Gasteiger partial charge in [-0.25, -0.2) is 16.8 Å². The maximum Gasteiger partial charge on any atom is 1.00 e. The molecule has 0 saturated heterocycles. The van der Waals surface area contributed by atoms with Crippen LogP contribution in [0.4, 0.5) is 11.4 Å². The average Bonchev–Trinajstić information content (AvgIpc) is 2.30. The SMILES string of the molecule is Nc1ccc2c(S(=O)(=O)[O-])cc(S(=O)(=O)[O-])cc2c1N.[K+].[K+]. The number of anilines is 2. The normalized spacial score (nSPS) is 11.5. The molecule has 0 aliphatic heterocycles. The Morgan fingerprint density at radius 2 is 1.36 bits per heavy atom. The van der Waals surface area contributed by atoms with E-state index in [1.165, 1.54) is 12.1 Å². The number of hydrogen-bond donors (Lipinski definition) is 2. The number of fused-ring (bicyclic) bond motifs is 1. The minimum atomic E-state index is -4.99. The molecule has 0 saturated carbocycles. The van der Waals surface area contributed by atoms with Gasteiger partial charge in [-0.1, -0.05) is 6.07 Å². The molecule has 2 aromatic carbocycles. The van der Waals surface area contributed by atoms with Crippen molar-refractivity contribution in [2.24, 2.45) is 0 Å². The van der Waals surface area contributed by atoms with Gasteiger partial charge in [-0.3, -0.25) is 0 Å². The van der Waals surface area contributed by atoms with Gasteiger partial charge in [-0.2, -0.15) is 0 Å². The molecule has 0 aromatic heterocycles. The summed E-state index contributed by atoms with van der Waals surface area (Å²) in [6.45, 7) is 0. The van der Waals surface area contributed by atoms with Crippen LogP contribution in [0.2, 0.25) is 0 Å². The standard InChI is InChI=1S/C10H10N2O6S2.2K/c11-8-2-1-6-7(10(8)12)3-5(19(13,14)15)4-9(6)20(16,17)18;;/h1-4H,11-12H2,(H,13,14,15)(H,16,17,18);;/q;2*+1/p-2. The van der Waals surface area contributed by atoms with Crippen LogP contribution in [0.5, 0.6) is 0 Å². The number of rotatable bonds is 2. The Kier molecular flexibility index (Phi) is 8.70. The Bertz CT molecular complexity index is 928. The van der Waals surface area contributed by atoms with E-state index in [0.29, 0.717) is 6.07 Å². The van der Waals surface area contributed by atoms with Gasteiger partial charge in [-0.05, 0) is 18.2 Å². The second kappa shape index (κ2) is 8.18. The molecule has 0 radical (unpaired) electrons. The van der Waals surface area contributed by atoms with Crippen LogP contribution < -0.4 is 114 Å². The monoisotopic (exact) mass is 394 g/mol. The molecule has 8 nitrogen and oxygen atoms in total. The van der Waals surface area contributed by atoms with E-state index in [9.17, 15) is 25.9 Å². The molecule has 4 N–H and O–H groups in total. The van der Waals surface area contributed by atoms with Gasteiger partial charge in [0, 0.05) is 10.8 Å². The van der Waals surface area contributed by atoms with E-state index in [1.807, 2.05) is 0 Å². The molecule has 22 heavy (non-hydrogen) atoms. The average molecular weight is 395 g/mol. The summed E-state index contributed by atoms with van der Waals surface area (Å²) in [7, 11) is -9.95.